The molecule has 2 aromatic carbocycles. The van der Waals surface area contributed by atoms with Gasteiger partial charge in [0.1, 0.15) is 11.6 Å². The standard InChI is InChI=1S/C23H29FN2O5S/c1-18(27)19-7-13-22(14-8-19)32(29,30)26(2)16-5-6-23(28)25-15-3-4-17-31-21-11-9-20(24)10-12-21/h7-14H,3-6,15-17H2,1-2H3,(H,25,28). The summed E-state index contributed by atoms with van der Waals surface area (Å²) < 4.78 is 44.7. The van der Waals surface area contributed by atoms with E-state index in [1.165, 1.54) is 54.7 Å². The van der Waals surface area contributed by atoms with Gasteiger partial charge in [-0.2, -0.15) is 0 Å². The van der Waals surface area contributed by atoms with Gasteiger partial charge in [0.2, 0.25) is 15.9 Å². The second-order valence-corrected chi connectivity index (χ2v) is 9.42. The van der Waals surface area contributed by atoms with Crippen molar-refractivity contribution in [2.75, 3.05) is 26.7 Å². The molecular formula is C23H29FN2O5S. The number of carbonyl (C=O) groups is 2. The molecule has 0 atom stereocenters. The summed E-state index contributed by atoms with van der Waals surface area (Å²) in [7, 11) is -2.21. The minimum absolute atomic E-state index is 0.109. The Balaban J connectivity index is 1.62. The normalized spacial score (nSPS) is 11.4. The summed E-state index contributed by atoms with van der Waals surface area (Å²) in [4.78, 5) is 23.4. The summed E-state index contributed by atoms with van der Waals surface area (Å²) in [5.74, 6) is 0.0197. The predicted octanol–water partition coefficient (Wildman–Crippen LogP) is 3.40. The fourth-order valence-corrected chi connectivity index (χ4v) is 4.10. The van der Waals surface area contributed by atoms with Gasteiger partial charge < -0.3 is 10.1 Å². The van der Waals surface area contributed by atoms with E-state index in [9.17, 15) is 22.4 Å². The first-order chi connectivity index (χ1) is 15.2. The number of halogens is 1. The van der Waals surface area contributed by atoms with Crippen LogP contribution in [-0.4, -0.2) is 51.2 Å². The quantitative estimate of drug-likeness (QED) is 0.362. The molecule has 0 spiro atoms. The molecule has 0 aliphatic carbocycles. The second kappa shape index (κ2) is 12.3. The fourth-order valence-electron chi connectivity index (χ4n) is 2.89. The van der Waals surface area contributed by atoms with Crippen LogP contribution in [0.4, 0.5) is 4.39 Å². The molecule has 7 nitrogen and oxygen atoms in total. The first-order valence-corrected chi connectivity index (χ1v) is 11.9. The number of hydrogen-bond acceptors (Lipinski definition) is 5. The zero-order valence-electron chi connectivity index (χ0n) is 18.3. The van der Waals surface area contributed by atoms with E-state index in [1.54, 1.807) is 12.1 Å². The monoisotopic (exact) mass is 464 g/mol. The second-order valence-electron chi connectivity index (χ2n) is 7.37. The van der Waals surface area contributed by atoms with Gasteiger partial charge in [-0.1, -0.05) is 12.1 Å². The zero-order chi connectivity index (χ0) is 23.6. The van der Waals surface area contributed by atoms with Gasteiger partial charge in [-0.3, -0.25) is 9.59 Å². The number of nitrogens with zero attached hydrogens (tertiary/aromatic N) is 1. The van der Waals surface area contributed by atoms with Gasteiger partial charge in [-0.15, -0.1) is 0 Å². The van der Waals surface area contributed by atoms with Crippen LogP contribution in [0, 0.1) is 5.82 Å². The van der Waals surface area contributed by atoms with Crippen LogP contribution in [0.5, 0.6) is 5.75 Å². The van der Waals surface area contributed by atoms with Gasteiger partial charge in [0.15, 0.2) is 5.78 Å². The molecule has 0 saturated carbocycles. The van der Waals surface area contributed by atoms with Crippen molar-refractivity contribution < 1.29 is 27.1 Å². The predicted molar refractivity (Wildman–Crippen MR) is 120 cm³/mol. The number of Topliss-reactive ketones (excluding diaryl/α,β-unsaturated/α-hetero) is 1. The summed E-state index contributed by atoms with van der Waals surface area (Å²) in [6.07, 6.45) is 2.08. The molecule has 0 aromatic heterocycles. The van der Waals surface area contributed by atoms with Crippen molar-refractivity contribution in [3.8, 4) is 5.75 Å². The topological polar surface area (TPSA) is 92.8 Å². The summed E-state index contributed by atoms with van der Waals surface area (Å²) in [6.45, 7) is 2.60. The Morgan fingerprint density at radius 2 is 1.66 bits per heavy atom. The van der Waals surface area contributed by atoms with Crippen molar-refractivity contribution in [3.63, 3.8) is 0 Å². The Morgan fingerprint density at radius 1 is 1.00 bits per heavy atom. The van der Waals surface area contributed by atoms with Crippen LogP contribution in [0.25, 0.3) is 0 Å². The Kier molecular flexibility index (Phi) is 9.80. The summed E-state index contributed by atoms with van der Waals surface area (Å²) in [5, 5.41) is 2.81. The van der Waals surface area contributed by atoms with E-state index in [0.29, 0.717) is 30.9 Å². The van der Waals surface area contributed by atoms with E-state index in [-0.39, 0.29) is 35.4 Å². The molecule has 0 aliphatic rings. The smallest absolute Gasteiger partial charge is 0.242 e. The highest BCUT2D eigenvalue weighted by Gasteiger charge is 2.20. The molecule has 0 saturated heterocycles. The first kappa shape index (κ1) is 25.5. The van der Waals surface area contributed by atoms with Crippen LogP contribution in [0.15, 0.2) is 53.4 Å². The molecule has 2 aromatic rings. The number of ether oxygens (including phenoxy) is 1. The third kappa shape index (κ3) is 8.05. The minimum Gasteiger partial charge on any atom is -0.494 e. The van der Waals surface area contributed by atoms with Crippen LogP contribution in [0.1, 0.15) is 43.0 Å². The summed E-state index contributed by atoms with van der Waals surface area (Å²) in [6, 6.07) is 11.6. The Labute approximate surface area is 188 Å². The molecule has 0 radical (unpaired) electrons. The Bertz CT molecular complexity index is 992. The van der Waals surface area contributed by atoms with Gasteiger partial charge in [0.25, 0.3) is 0 Å². The Morgan fingerprint density at radius 3 is 2.28 bits per heavy atom. The molecule has 0 aliphatic heterocycles. The highest BCUT2D eigenvalue weighted by molar-refractivity contribution is 7.89. The largest absolute Gasteiger partial charge is 0.494 e. The number of ketones is 1. The van der Waals surface area contributed by atoms with Gasteiger partial charge in [-0.05, 0) is 62.6 Å². The minimum atomic E-state index is -3.68. The first-order valence-electron chi connectivity index (χ1n) is 10.4. The fraction of sp³-hybridized carbons (Fsp3) is 0.391. The maximum Gasteiger partial charge on any atom is 0.242 e. The van der Waals surface area contributed by atoms with E-state index in [4.69, 9.17) is 4.74 Å². The molecule has 2 rings (SSSR count). The molecule has 174 valence electrons. The third-order valence-corrected chi connectivity index (χ3v) is 6.69. The van der Waals surface area contributed by atoms with Gasteiger partial charge in [0.05, 0.1) is 11.5 Å². The van der Waals surface area contributed by atoms with Crippen molar-refractivity contribution in [1.29, 1.82) is 0 Å². The molecule has 1 amide bonds. The number of benzene rings is 2. The van der Waals surface area contributed by atoms with Crippen molar-refractivity contribution in [2.45, 2.75) is 37.5 Å². The molecule has 32 heavy (non-hydrogen) atoms. The lowest BCUT2D eigenvalue weighted by molar-refractivity contribution is -0.121. The molecule has 9 heteroatoms. The number of hydrogen-bond donors (Lipinski definition) is 1. The van der Waals surface area contributed by atoms with E-state index in [2.05, 4.69) is 5.32 Å². The number of amides is 1. The average molecular weight is 465 g/mol. The maximum absolute atomic E-state index is 12.8. The molecular weight excluding hydrogens is 435 g/mol. The maximum atomic E-state index is 12.8. The van der Waals surface area contributed by atoms with Crippen molar-refractivity contribution in [1.82, 2.24) is 9.62 Å². The van der Waals surface area contributed by atoms with Gasteiger partial charge >= 0.3 is 0 Å². The van der Waals surface area contributed by atoms with E-state index in [1.807, 2.05) is 0 Å². The van der Waals surface area contributed by atoms with Gasteiger partial charge in [-0.25, -0.2) is 17.1 Å². The lowest BCUT2D eigenvalue weighted by Gasteiger charge is -2.17. The van der Waals surface area contributed by atoms with E-state index < -0.39 is 10.0 Å². The van der Waals surface area contributed by atoms with Crippen LogP contribution in [-0.2, 0) is 14.8 Å². The SMILES string of the molecule is CC(=O)c1ccc(S(=O)(=O)N(C)CCCC(=O)NCCCCOc2ccc(F)cc2)cc1. The number of rotatable bonds is 13. The van der Waals surface area contributed by atoms with Gasteiger partial charge in [0, 0.05) is 32.1 Å². The van der Waals surface area contributed by atoms with Crippen molar-refractivity contribution in [2.24, 2.45) is 0 Å². The molecule has 0 fully saturated rings. The lowest BCUT2D eigenvalue weighted by atomic mass is 10.2. The number of unbranched alkanes of at least 4 members (excludes halogenated alkanes) is 1. The van der Waals surface area contributed by atoms with Crippen molar-refractivity contribution >= 4 is 21.7 Å². The lowest BCUT2D eigenvalue weighted by Crippen LogP contribution is -2.30. The van der Waals surface area contributed by atoms with E-state index in [0.717, 1.165) is 12.8 Å². The summed E-state index contributed by atoms with van der Waals surface area (Å²) in [5.41, 5.74) is 0.449. The van der Waals surface area contributed by atoms with Crippen LogP contribution in [0.3, 0.4) is 0 Å². The molecule has 0 heterocycles. The molecule has 1 N–H and O–H groups in total. The zero-order valence-corrected chi connectivity index (χ0v) is 19.2. The average Bonchev–Trinajstić information content (AvgIpc) is 2.77. The number of nitrogens with one attached hydrogen (secondary N) is 1. The van der Waals surface area contributed by atoms with Crippen molar-refractivity contribution in [3.05, 3.63) is 59.9 Å². The van der Waals surface area contributed by atoms with E-state index >= 15 is 0 Å². The van der Waals surface area contributed by atoms with Crippen LogP contribution in [0.2, 0.25) is 0 Å². The number of carbonyl (C=O) groups excluding carboxylic acids is 2. The molecule has 0 bridgehead atoms. The van der Waals surface area contributed by atoms with Crippen LogP contribution < -0.4 is 10.1 Å². The number of sulfonamides is 1. The Hall–Kier alpha value is -2.78. The highest BCUT2D eigenvalue weighted by atomic mass is 32.2. The van der Waals surface area contributed by atoms with Crippen LogP contribution >= 0.6 is 0 Å². The third-order valence-electron chi connectivity index (χ3n) is 4.82. The highest BCUT2D eigenvalue weighted by Crippen LogP contribution is 2.16. The molecule has 0 unspecified atom stereocenters. The summed E-state index contributed by atoms with van der Waals surface area (Å²) >= 11 is 0.